The first-order chi connectivity index (χ1) is 8.66. The second kappa shape index (κ2) is 6.00. The van der Waals surface area contributed by atoms with Gasteiger partial charge in [-0.05, 0) is 31.7 Å². The van der Waals surface area contributed by atoms with Gasteiger partial charge in [-0.3, -0.25) is 9.48 Å². The van der Waals surface area contributed by atoms with E-state index < -0.39 is 0 Å². The van der Waals surface area contributed by atoms with E-state index >= 15 is 0 Å². The molecule has 0 aromatic carbocycles. The minimum atomic E-state index is 0.0914. The standard InChI is InChI=1S/C13H21N3O2/c1-10-11(8-15-16(10)2)5-6-13(17)14-9-12-4-3-7-18-12/h8,12H,3-7,9H2,1-2H3,(H,14,17)/t12-/m0/s1. The van der Waals surface area contributed by atoms with Gasteiger partial charge in [0.15, 0.2) is 0 Å². The molecular formula is C13H21N3O2. The Labute approximate surface area is 108 Å². The lowest BCUT2D eigenvalue weighted by Crippen LogP contribution is -2.31. The molecule has 0 saturated carbocycles. The fraction of sp³-hybridized carbons (Fsp3) is 0.692. The molecule has 5 heteroatoms. The van der Waals surface area contributed by atoms with Crippen molar-refractivity contribution >= 4 is 5.91 Å². The van der Waals surface area contributed by atoms with E-state index in [0.717, 1.165) is 37.1 Å². The van der Waals surface area contributed by atoms with Gasteiger partial charge >= 0.3 is 0 Å². The zero-order valence-corrected chi connectivity index (χ0v) is 11.1. The monoisotopic (exact) mass is 251 g/mol. The van der Waals surface area contributed by atoms with E-state index in [9.17, 15) is 4.79 Å². The molecule has 2 rings (SSSR count). The number of amides is 1. The number of nitrogens with one attached hydrogen (secondary N) is 1. The molecular weight excluding hydrogens is 230 g/mol. The molecule has 0 spiro atoms. The molecule has 1 atom stereocenters. The maximum atomic E-state index is 11.7. The summed E-state index contributed by atoms with van der Waals surface area (Å²) in [6, 6.07) is 0. The molecule has 1 aliphatic heterocycles. The van der Waals surface area contributed by atoms with Crippen molar-refractivity contribution in [2.45, 2.75) is 38.7 Å². The van der Waals surface area contributed by atoms with Crippen molar-refractivity contribution in [3.05, 3.63) is 17.5 Å². The number of hydrogen-bond donors (Lipinski definition) is 1. The first-order valence-electron chi connectivity index (χ1n) is 6.52. The van der Waals surface area contributed by atoms with Crippen molar-refractivity contribution in [3.8, 4) is 0 Å². The normalized spacial score (nSPS) is 19.1. The second-order valence-corrected chi connectivity index (χ2v) is 4.82. The van der Waals surface area contributed by atoms with Gasteiger partial charge in [-0.1, -0.05) is 0 Å². The molecule has 1 aliphatic rings. The van der Waals surface area contributed by atoms with Crippen molar-refractivity contribution < 1.29 is 9.53 Å². The third kappa shape index (κ3) is 3.32. The molecule has 0 aliphatic carbocycles. The van der Waals surface area contributed by atoms with E-state index in [-0.39, 0.29) is 12.0 Å². The molecule has 1 saturated heterocycles. The van der Waals surface area contributed by atoms with Crippen LogP contribution in [0.5, 0.6) is 0 Å². The molecule has 1 amide bonds. The summed E-state index contributed by atoms with van der Waals surface area (Å²) in [6.45, 7) is 3.49. The van der Waals surface area contributed by atoms with Gasteiger partial charge in [0.2, 0.25) is 5.91 Å². The van der Waals surface area contributed by atoms with Crippen LogP contribution in [0.1, 0.15) is 30.5 Å². The number of carbonyl (C=O) groups is 1. The Kier molecular flexibility index (Phi) is 4.36. The molecule has 1 aromatic rings. The highest BCUT2D eigenvalue weighted by atomic mass is 16.5. The minimum absolute atomic E-state index is 0.0914. The van der Waals surface area contributed by atoms with Gasteiger partial charge in [-0.25, -0.2) is 0 Å². The average Bonchev–Trinajstić information content (AvgIpc) is 2.97. The van der Waals surface area contributed by atoms with Crippen molar-refractivity contribution in [2.75, 3.05) is 13.2 Å². The highest BCUT2D eigenvalue weighted by molar-refractivity contribution is 5.76. The predicted molar refractivity (Wildman–Crippen MR) is 68.2 cm³/mol. The highest BCUT2D eigenvalue weighted by Gasteiger charge is 2.16. The van der Waals surface area contributed by atoms with E-state index in [1.165, 1.54) is 0 Å². The number of aryl methyl sites for hydroxylation is 2. The second-order valence-electron chi connectivity index (χ2n) is 4.82. The van der Waals surface area contributed by atoms with Gasteiger partial charge in [0.05, 0.1) is 12.3 Å². The van der Waals surface area contributed by atoms with E-state index in [1.54, 1.807) is 0 Å². The van der Waals surface area contributed by atoms with Gasteiger partial charge < -0.3 is 10.1 Å². The number of nitrogens with zero attached hydrogens (tertiary/aromatic N) is 2. The molecule has 18 heavy (non-hydrogen) atoms. The maximum absolute atomic E-state index is 11.7. The van der Waals surface area contributed by atoms with Crippen molar-refractivity contribution in [2.24, 2.45) is 7.05 Å². The Balaban J connectivity index is 1.69. The van der Waals surface area contributed by atoms with Crippen LogP contribution >= 0.6 is 0 Å². The van der Waals surface area contributed by atoms with Crippen molar-refractivity contribution in [1.82, 2.24) is 15.1 Å². The van der Waals surface area contributed by atoms with Crippen LogP contribution in [0.25, 0.3) is 0 Å². The molecule has 1 fully saturated rings. The van der Waals surface area contributed by atoms with Gasteiger partial charge in [-0.15, -0.1) is 0 Å². The summed E-state index contributed by atoms with van der Waals surface area (Å²) >= 11 is 0. The van der Waals surface area contributed by atoms with Crippen LogP contribution in [0.4, 0.5) is 0 Å². The Morgan fingerprint density at radius 1 is 1.67 bits per heavy atom. The van der Waals surface area contributed by atoms with Gasteiger partial charge in [-0.2, -0.15) is 5.10 Å². The summed E-state index contributed by atoms with van der Waals surface area (Å²) in [5.41, 5.74) is 2.27. The van der Waals surface area contributed by atoms with E-state index in [0.29, 0.717) is 13.0 Å². The largest absolute Gasteiger partial charge is 0.376 e. The van der Waals surface area contributed by atoms with Gasteiger partial charge in [0.1, 0.15) is 0 Å². The van der Waals surface area contributed by atoms with Crippen LogP contribution in [0.15, 0.2) is 6.20 Å². The lowest BCUT2D eigenvalue weighted by Gasteiger charge is -2.10. The third-order valence-electron chi connectivity index (χ3n) is 3.51. The minimum Gasteiger partial charge on any atom is -0.376 e. The Bertz CT molecular complexity index is 408. The number of rotatable bonds is 5. The summed E-state index contributed by atoms with van der Waals surface area (Å²) < 4.78 is 7.29. The Morgan fingerprint density at radius 3 is 3.11 bits per heavy atom. The smallest absolute Gasteiger partial charge is 0.220 e. The zero-order chi connectivity index (χ0) is 13.0. The molecule has 5 nitrogen and oxygen atoms in total. The van der Waals surface area contributed by atoms with Crippen LogP contribution in [0.2, 0.25) is 0 Å². The van der Waals surface area contributed by atoms with Gasteiger partial charge in [0, 0.05) is 32.3 Å². The molecule has 0 unspecified atom stereocenters. The molecule has 0 radical (unpaired) electrons. The average molecular weight is 251 g/mol. The third-order valence-corrected chi connectivity index (χ3v) is 3.51. The summed E-state index contributed by atoms with van der Waals surface area (Å²) in [4.78, 5) is 11.7. The first kappa shape index (κ1) is 13.1. The van der Waals surface area contributed by atoms with Gasteiger partial charge in [0.25, 0.3) is 0 Å². The van der Waals surface area contributed by atoms with E-state index in [4.69, 9.17) is 4.74 Å². The predicted octanol–water partition coefficient (Wildman–Crippen LogP) is 0.956. The quantitative estimate of drug-likeness (QED) is 0.848. The Morgan fingerprint density at radius 2 is 2.50 bits per heavy atom. The van der Waals surface area contributed by atoms with Crippen LogP contribution in [-0.2, 0) is 23.0 Å². The van der Waals surface area contributed by atoms with Crippen LogP contribution in [0.3, 0.4) is 0 Å². The summed E-state index contributed by atoms with van der Waals surface area (Å²) in [7, 11) is 1.91. The SMILES string of the molecule is Cc1c(CCC(=O)NC[C@@H]2CCCO2)cnn1C. The first-order valence-corrected chi connectivity index (χ1v) is 6.52. The number of hydrogen-bond acceptors (Lipinski definition) is 3. The highest BCUT2D eigenvalue weighted by Crippen LogP contribution is 2.11. The summed E-state index contributed by atoms with van der Waals surface area (Å²) in [5, 5.41) is 7.10. The topological polar surface area (TPSA) is 56.1 Å². The van der Waals surface area contributed by atoms with E-state index in [1.807, 2.05) is 24.9 Å². The molecule has 1 aromatic heterocycles. The van der Waals surface area contributed by atoms with E-state index in [2.05, 4.69) is 10.4 Å². The fourth-order valence-electron chi connectivity index (χ4n) is 2.16. The van der Waals surface area contributed by atoms with Crippen molar-refractivity contribution in [3.63, 3.8) is 0 Å². The molecule has 1 N–H and O–H groups in total. The fourth-order valence-corrected chi connectivity index (χ4v) is 2.16. The summed E-state index contributed by atoms with van der Waals surface area (Å²) in [5.74, 6) is 0.0914. The van der Waals surface area contributed by atoms with Crippen LogP contribution in [-0.4, -0.2) is 34.9 Å². The summed E-state index contributed by atoms with van der Waals surface area (Å²) in [6.07, 6.45) is 5.48. The molecule has 0 bridgehead atoms. The maximum Gasteiger partial charge on any atom is 0.220 e. The number of aromatic nitrogens is 2. The molecule has 100 valence electrons. The zero-order valence-electron chi connectivity index (χ0n) is 11.1. The Hall–Kier alpha value is -1.36. The molecule has 2 heterocycles. The number of ether oxygens (including phenoxy) is 1. The lowest BCUT2D eigenvalue weighted by atomic mass is 10.1. The van der Waals surface area contributed by atoms with Crippen LogP contribution in [0, 0.1) is 6.92 Å². The lowest BCUT2D eigenvalue weighted by molar-refractivity contribution is -0.121. The number of carbonyl (C=O) groups excluding carboxylic acids is 1. The van der Waals surface area contributed by atoms with Crippen molar-refractivity contribution in [1.29, 1.82) is 0 Å². The van der Waals surface area contributed by atoms with Crippen LogP contribution < -0.4 is 5.32 Å².